The predicted molar refractivity (Wildman–Crippen MR) is 106 cm³/mol. The molecule has 0 heterocycles. The van der Waals surface area contributed by atoms with E-state index in [2.05, 4.69) is 17.8 Å². The molecule has 0 saturated carbocycles. The minimum Gasteiger partial charge on any atom is -0.494 e. The van der Waals surface area contributed by atoms with Crippen molar-refractivity contribution in [2.45, 2.75) is 26.2 Å². The van der Waals surface area contributed by atoms with Gasteiger partial charge in [-0.05, 0) is 42.8 Å². The molecular weight excluding hydrogens is 360 g/mol. The highest BCUT2D eigenvalue weighted by atomic mass is 16.5. The Hall–Kier alpha value is -3.22. The lowest BCUT2D eigenvalue weighted by Gasteiger charge is -2.11. The van der Waals surface area contributed by atoms with E-state index in [1.54, 1.807) is 48.5 Å². The maximum Gasteiger partial charge on any atom is 0.276 e. The van der Waals surface area contributed by atoms with E-state index < -0.39 is 11.8 Å². The molecule has 28 heavy (non-hydrogen) atoms. The van der Waals surface area contributed by atoms with Crippen molar-refractivity contribution in [2.75, 3.05) is 20.3 Å². The summed E-state index contributed by atoms with van der Waals surface area (Å²) in [5.41, 5.74) is 5.08. The molecule has 0 fully saturated rings. The quantitative estimate of drug-likeness (QED) is 0.484. The van der Waals surface area contributed by atoms with Gasteiger partial charge in [0, 0.05) is 5.56 Å². The van der Waals surface area contributed by atoms with Crippen LogP contribution in [0.25, 0.3) is 0 Å². The lowest BCUT2D eigenvalue weighted by molar-refractivity contribution is -0.123. The molecule has 0 atom stereocenters. The number of amides is 2. The molecule has 7 heteroatoms. The molecular formula is C21H26N2O5. The lowest BCUT2D eigenvalue weighted by Crippen LogP contribution is -2.43. The van der Waals surface area contributed by atoms with Gasteiger partial charge in [0.25, 0.3) is 11.8 Å². The van der Waals surface area contributed by atoms with E-state index in [4.69, 9.17) is 14.2 Å². The van der Waals surface area contributed by atoms with Crippen molar-refractivity contribution >= 4 is 11.8 Å². The Morgan fingerprint density at radius 3 is 2.29 bits per heavy atom. The van der Waals surface area contributed by atoms with E-state index in [0.29, 0.717) is 29.4 Å². The average Bonchev–Trinajstić information content (AvgIpc) is 2.74. The number of carbonyl (C=O) groups is 2. The van der Waals surface area contributed by atoms with E-state index >= 15 is 0 Å². The SMILES string of the molecule is CCCCCOc1ccc(C(=O)NNC(=O)COc2ccccc2OC)cc1. The number of hydrogen-bond donors (Lipinski definition) is 2. The number of nitrogens with one attached hydrogen (secondary N) is 2. The smallest absolute Gasteiger partial charge is 0.276 e. The van der Waals surface area contributed by atoms with Crippen LogP contribution in [0.4, 0.5) is 0 Å². The number of unbranched alkanes of at least 4 members (excludes halogenated alkanes) is 2. The van der Waals surface area contributed by atoms with Gasteiger partial charge in [0.1, 0.15) is 5.75 Å². The number of hydrogen-bond acceptors (Lipinski definition) is 5. The second-order valence-corrected chi connectivity index (χ2v) is 6.02. The van der Waals surface area contributed by atoms with Crippen molar-refractivity contribution in [1.29, 1.82) is 0 Å². The summed E-state index contributed by atoms with van der Waals surface area (Å²) in [6.07, 6.45) is 3.26. The molecule has 2 aromatic carbocycles. The molecule has 0 radical (unpaired) electrons. The van der Waals surface area contributed by atoms with E-state index in [9.17, 15) is 9.59 Å². The molecule has 0 aromatic heterocycles. The van der Waals surface area contributed by atoms with Crippen LogP contribution in [0.15, 0.2) is 48.5 Å². The molecule has 0 aliphatic carbocycles. The molecule has 2 aromatic rings. The van der Waals surface area contributed by atoms with Crippen molar-refractivity contribution in [3.05, 3.63) is 54.1 Å². The fourth-order valence-electron chi connectivity index (χ4n) is 2.36. The summed E-state index contributed by atoms with van der Waals surface area (Å²) < 4.78 is 16.1. The third kappa shape index (κ3) is 6.83. The number of ether oxygens (including phenoxy) is 3. The zero-order valence-corrected chi connectivity index (χ0v) is 16.2. The molecule has 2 rings (SSSR count). The first kappa shape index (κ1) is 21.1. The van der Waals surface area contributed by atoms with E-state index in [1.165, 1.54) is 7.11 Å². The van der Waals surface area contributed by atoms with Gasteiger partial charge in [-0.1, -0.05) is 31.9 Å². The predicted octanol–water partition coefficient (Wildman–Crippen LogP) is 3.10. The van der Waals surface area contributed by atoms with Gasteiger partial charge in [-0.15, -0.1) is 0 Å². The van der Waals surface area contributed by atoms with Crippen LogP contribution >= 0.6 is 0 Å². The Morgan fingerprint density at radius 2 is 1.61 bits per heavy atom. The van der Waals surface area contributed by atoms with Gasteiger partial charge in [-0.3, -0.25) is 20.4 Å². The van der Waals surface area contributed by atoms with Crippen LogP contribution < -0.4 is 25.1 Å². The molecule has 0 saturated heterocycles. The number of carbonyl (C=O) groups excluding carboxylic acids is 2. The highest BCUT2D eigenvalue weighted by molar-refractivity contribution is 5.95. The summed E-state index contributed by atoms with van der Waals surface area (Å²) in [5.74, 6) is 0.762. The second-order valence-electron chi connectivity index (χ2n) is 6.02. The standard InChI is InChI=1S/C21H26N2O5/c1-3-4-7-14-27-17-12-10-16(11-13-17)21(25)23-22-20(24)15-28-19-9-6-5-8-18(19)26-2/h5-6,8-13H,3-4,7,14-15H2,1-2H3,(H,22,24)(H,23,25). The molecule has 150 valence electrons. The first-order chi connectivity index (χ1) is 13.6. The number of hydrazine groups is 1. The van der Waals surface area contributed by atoms with Crippen LogP contribution in [0.1, 0.15) is 36.5 Å². The van der Waals surface area contributed by atoms with Crippen molar-refractivity contribution in [3.63, 3.8) is 0 Å². The maximum atomic E-state index is 12.1. The van der Waals surface area contributed by atoms with Gasteiger partial charge in [-0.2, -0.15) is 0 Å². The fourth-order valence-corrected chi connectivity index (χ4v) is 2.36. The van der Waals surface area contributed by atoms with Crippen molar-refractivity contribution < 1.29 is 23.8 Å². The van der Waals surface area contributed by atoms with Crippen LogP contribution in [0.5, 0.6) is 17.2 Å². The summed E-state index contributed by atoms with van der Waals surface area (Å²) in [5, 5.41) is 0. The molecule has 0 unspecified atom stereocenters. The van der Waals surface area contributed by atoms with Gasteiger partial charge in [-0.25, -0.2) is 0 Å². The van der Waals surface area contributed by atoms with Crippen molar-refractivity contribution in [3.8, 4) is 17.2 Å². The summed E-state index contributed by atoms with van der Waals surface area (Å²) >= 11 is 0. The largest absolute Gasteiger partial charge is 0.494 e. The number of benzene rings is 2. The van der Waals surface area contributed by atoms with E-state index in [-0.39, 0.29) is 6.61 Å². The fraction of sp³-hybridized carbons (Fsp3) is 0.333. The Bertz CT molecular complexity index is 762. The number of rotatable bonds is 10. The Morgan fingerprint density at radius 1 is 0.893 bits per heavy atom. The number of methoxy groups -OCH3 is 1. The van der Waals surface area contributed by atoms with Gasteiger partial charge in [0.2, 0.25) is 0 Å². The second kappa shape index (κ2) is 11.5. The van der Waals surface area contributed by atoms with E-state index in [0.717, 1.165) is 19.3 Å². The molecule has 2 amide bonds. The first-order valence-electron chi connectivity index (χ1n) is 9.22. The number of para-hydroxylation sites is 2. The molecule has 0 aliphatic rings. The zero-order valence-electron chi connectivity index (χ0n) is 16.2. The summed E-state index contributed by atoms with van der Waals surface area (Å²) in [6, 6.07) is 13.7. The van der Waals surface area contributed by atoms with Gasteiger partial charge in [0.15, 0.2) is 18.1 Å². The third-order valence-electron chi connectivity index (χ3n) is 3.88. The summed E-state index contributed by atoms with van der Waals surface area (Å²) in [6.45, 7) is 2.53. The highest BCUT2D eigenvalue weighted by Gasteiger charge is 2.10. The molecule has 2 N–H and O–H groups in total. The van der Waals surface area contributed by atoms with Gasteiger partial charge in [0.05, 0.1) is 13.7 Å². The topological polar surface area (TPSA) is 85.9 Å². The monoisotopic (exact) mass is 386 g/mol. The lowest BCUT2D eigenvalue weighted by atomic mass is 10.2. The summed E-state index contributed by atoms with van der Waals surface area (Å²) in [7, 11) is 1.52. The van der Waals surface area contributed by atoms with Crippen molar-refractivity contribution in [1.82, 2.24) is 10.9 Å². The van der Waals surface area contributed by atoms with Crippen LogP contribution in [0, 0.1) is 0 Å². The van der Waals surface area contributed by atoms with Gasteiger partial charge < -0.3 is 14.2 Å². The molecule has 0 aliphatic heterocycles. The summed E-state index contributed by atoms with van der Waals surface area (Å²) in [4.78, 5) is 24.0. The van der Waals surface area contributed by atoms with Crippen molar-refractivity contribution in [2.24, 2.45) is 0 Å². The normalized spacial score (nSPS) is 10.1. The van der Waals surface area contributed by atoms with Crippen LogP contribution in [0.3, 0.4) is 0 Å². The Balaban J connectivity index is 1.74. The van der Waals surface area contributed by atoms with Crippen LogP contribution in [-0.2, 0) is 4.79 Å². The minimum absolute atomic E-state index is 0.259. The Kier molecular flexibility index (Phi) is 8.65. The molecule has 0 bridgehead atoms. The van der Waals surface area contributed by atoms with Crippen LogP contribution in [-0.4, -0.2) is 32.1 Å². The van der Waals surface area contributed by atoms with Gasteiger partial charge >= 0.3 is 0 Å². The minimum atomic E-state index is -0.491. The maximum absolute atomic E-state index is 12.1. The highest BCUT2D eigenvalue weighted by Crippen LogP contribution is 2.25. The average molecular weight is 386 g/mol. The zero-order chi connectivity index (χ0) is 20.2. The van der Waals surface area contributed by atoms with Crippen LogP contribution in [0.2, 0.25) is 0 Å². The first-order valence-corrected chi connectivity index (χ1v) is 9.22. The van der Waals surface area contributed by atoms with E-state index in [1.807, 2.05) is 0 Å². The Labute approximate surface area is 165 Å². The molecule has 7 nitrogen and oxygen atoms in total. The third-order valence-corrected chi connectivity index (χ3v) is 3.88. The molecule has 0 spiro atoms.